The van der Waals surface area contributed by atoms with E-state index < -0.39 is 47.7 Å². The molecule has 0 aromatic carbocycles. The third kappa shape index (κ3) is 3.52. The van der Waals surface area contributed by atoms with Crippen molar-refractivity contribution in [2.75, 3.05) is 0 Å². The van der Waals surface area contributed by atoms with Gasteiger partial charge in [-0.25, -0.2) is 4.79 Å². The van der Waals surface area contributed by atoms with Gasteiger partial charge in [0.25, 0.3) is 0 Å². The van der Waals surface area contributed by atoms with Gasteiger partial charge in [0.15, 0.2) is 0 Å². The summed E-state index contributed by atoms with van der Waals surface area (Å²) < 4.78 is 187. The zero-order chi connectivity index (χ0) is 21.1. The predicted molar refractivity (Wildman–Crippen MR) is 49.1 cm³/mol. The molecule has 26 heavy (non-hydrogen) atoms. The molecule has 0 aromatic heterocycles. The number of aliphatic carboxylic acids is 1. The molecule has 0 amide bonds. The zero-order valence-corrected chi connectivity index (χ0v) is 15.7. The Morgan fingerprint density at radius 3 is 0.962 bits per heavy atom. The molecule has 0 heterocycles. The van der Waals surface area contributed by atoms with Crippen LogP contribution in [-0.4, -0.2) is 102 Å². The fourth-order valence-corrected chi connectivity index (χ4v) is 1.10. The number of carboxylic acids is 1. The molecule has 0 aliphatic heterocycles. The van der Waals surface area contributed by atoms with Gasteiger partial charge in [0.2, 0.25) is 0 Å². The average molecular weight is 551 g/mol. The van der Waals surface area contributed by atoms with Gasteiger partial charge in [-0.3, -0.25) is 0 Å². The van der Waals surface area contributed by atoms with E-state index >= 15 is 0 Å². The Labute approximate surface area is 171 Å². The fraction of sp³-hybridized carbons (Fsp3) is 0.875. The summed E-state index contributed by atoms with van der Waals surface area (Å²) >= 11 is 0. The Morgan fingerprint density at radius 1 is 0.500 bits per heavy atom. The van der Waals surface area contributed by atoms with Gasteiger partial charge in [0.05, 0.1) is 0 Å². The van der Waals surface area contributed by atoms with Gasteiger partial charge in [0, 0.05) is 48.9 Å². The molecule has 0 saturated heterocycles. The van der Waals surface area contributed by atoms with Crippen LogP contribution in [0.25, 0.3) is 0 Å². The first-order valence-electron chi connectivity index (χ1n) is 5.01. The quantitative estimate of drug-likeness (QED) is 0.400. The summed E-state index contributed by atoms with van der Waals surface area (Å²) in [6, 6.07) is 0. The Hall–Kier alpha value is -0.00857. The number of hydrogen-bond acceptors (Lipinski definition) is 1. The maximum absolute atomic E-state index is 12.8. The first-order valence-corrected chi connectivity index (χ1v) is 5.01. The summed E-state index contributed by atoms with van der Waals surface area (Å²) in [6.07, 6.45) is -7.69. The van der Waals surface area contributed by atoms with Crippen LogP contribution in [0.1, 0.15) is 0 Å². The van der Waals surface area contributed by atoms with Crippen molar-refractivity contribution < 1.29 is 75.8 Å². The van der Waals surface area contributed by atoms with Crippen molar-refractivity contribution in [1.29, 1.82) is 0 Å². The summed E-state index contributed by atoms with van der Waals surface area (Å²) in [5, 5.41) is 7.57. The average Bonchev–Trinajstić information content (AvgIpc) is 2.35. The maximum atomic E-state index is 12.8. The Bertz CT molecular complexity index is 536. The molecule has 2 radical (unpaired) electrons. The standard InChI is InChI=1S/C8HF15O2.Ba/c9-2(10,1(24)25)3(11,12)4(13,14)5(15,16)6(17,18)7(19,20)8(21,22)23;/h(H,24,25);. The van der Waals surface area contributed by atoms with E-state index in [-0.39, 0.29) is 48.9 Å². The second-order valence-electron chi connectivity index (χ2n) is 4.25. The molecule has 0 bridgehead atoms. The van der Waals surface area contributed by atoms with Crippen molar-refractivity contribution in [3.05, 3.63) is 0 Å². The number of hydrogen-bond donors (Lipinski definition) is 1. The minimum absolute atomic E-state index is 0. The van der Waals surface area contributed by atoms with Crippen LogP contribution in [-0.2, 0) is 4.79 Å². The van der Waals surface area contributed by atoms with Crippen molar-refractivity contribution >= 4 is 54.9 Å². The van der Waals surface area contributed by atoms with E-state index in [0.29, 0.717) is 0 Å². The minimum atomic E-state index is -8.47. The normalized spacial score (nSPS) is 15.5. The molecule has 0 aromatic rings. The van der Waals surface area contributed by atoms with E-state index in [1.807, 2.05) is 0 Å². The molecule has 18 heteroatoms. The molecule has 0 saturated carbocycles. The van der Waals surface area contributed by atoms with Gasteiger partial charge < -0.3 is 5.11 Å². The Kier molecular flexibility index (Phi) is 7.71. The molecule has 152 valence electrons. The van der Waals surface area contributed by atoms with Crippen LogP contribution in [0.3, 0.4) is 0 Å². The van der Waals surface area contributed by atoms with Crippen molar-refractivity contribution in [2.24, 2.45) is 0 Å². The Balaban J connectivity index is 0. The predicted octanol–water partition coefficient (Wildman–Crippen LogP) is 4.06. The van der Waals surface area contributed by atoms with Gasteiger partial charge in [-0.2, -0.15) is 65.9 Å². The number of halogens is 15. The molecule has 0 fully saturated rings. The minimum Gasteiger partial charge on any atom is -0.477 e. The van der Waals surface area contributed by atoms with Crippen molar-refractivity contribution in [1.82, 2.24) is 0 Å². The van der Waals surface area contributed by atoms with Gasteiger partial charge in [0.1, 0.15) is 0 Å². The number of carbonyl (C=O) groups is 1. The first-order chi connectivity index (χ1) is 10.4. The van der Waals surface area contributed by atoms with Crippen LogP contribution in [0, 0.1) is 0 Å². The third-order valence-corrected chi connectivity index (χ3v) is 2.60. The van der Waals surface area contributed by atoms with E-state index in [1.54, 1.807) is 0 Å². The van der Waals surface area contributed by atoms with E-state index in [4.69, 9.17) is 5.11 Å². The molecule has 0 aliphatic carbocycles. The summed E-state index contributed by atoms with van der Waals surface area (Å²) in [5.74, 6) is -52.8. The summed E-state index contributed by atoms with van der Waals surface area (Å²) in [6.45, 7) is 0. The van der Waals surface area contributed by atoms with Gasteiger partial charge in [-0.15, -0.1) is 0 Å². The molecule has 2 nitrogen and oxygen atoms in total. The van der Waals surface area contributed by atoms with Crippen molar-refractivity contribution in [3.63, 3.8) is 0 Å². The summed E-state index contributed by atoms with van der Waals surface area (Å²) in [5.41, 5.74) is 0. The second kappa shape index (κ2) is 7.11. The molecule has 0 aliphatic rings. The van der Waals surface area contributed by atoms with E-state index in [0.717, 1.165) is 0 Å². The van der Waals surface area contributed by atoms with Gasteiger partial charge in [-0.1, -0.05) is 0 Å². The monoisotopic (exact) mass is 552 g/mol. The van der Waals surface area contributed by atoms with Crippen LogP contribution in [0.5, 0.6) is 0 Å². The smallest absolute Gasteiger partial charge is 0.460 e. The largest absolute Gasteiger partial charge is 0.477 e. The van der Waals surface area contributed by atoms with Crippen LogP contribution in [0.15, 0.2) is 0 Å². The van der Waals surface area contributed by atoms with E-state index in [1.165, 1.54) is 0 Å². The third-order valence-electron chi connectivity index (χ3n) is 2.60. The van der Waals surface area contributed by atoms with Crippen LogP contribution in [0.2, 0.25) is 0 Å². The number of alkyl halides is 15. The number of rotatable bonds is 6. The number of carboxylic acid groups (broad SMARTS) is 1. The van der Waals surface area contributed by atoms with E-state index in [2.05, 4.69) is 0 Å². The molecule has 1 N–H and O–H groups in total. The van der Waals surface area contributed by atoms with Gasteiger partial charge >= 0.3 is 47.7 Å². The molecular formula is C8HBaF15O2. The fourth-order valence-electron chi connectivity index (χ4n) is 1.10. The van der Waals surface area contributed by atoms with E-state index in [9.17, 15) is 70.7 Å². The SMILES string of the molecule is O=C(O)C(F)(F)C(F)(F)C(F)(F)C(F)(F)C(F)(F)C(F)(F)C(F)(F)F.[Ba]. The Morgan fingerprint density at radius 2 is 0.731 bits per heavy atom. The molecule has 0 unspecified atom stereocenters. The zero-order valence-electron chi connectivity index (χ0n) is 11.2. The topological polar surface area (TPSA) is 37.3 Å². The maximum Gasteiger partial charge on any atom is 0.460 e. The second-order valence-corrected chi connectivity index (χ2v) is 4.25. The van der Waals surface area contributed by atoms with Crippen LogP contribution >= 0.6 is 0 Å². The molecular weight excluding hydrogens is 550 g/mol. The molecule has 0 atom stereocenters. The summed E-state index contributed by atoms with van der Waals surface area (Å²) in [4.78, 5) is 9.72. The van der Waals surface area contributed by atoms with Crippen molar-refractivity contribution in [2.45, 2.75) is 41.7 Å². The van der Waals surface area contributed by atoms with Crippen molar-refractivity contribution in [3.8, 4) is 0 Å². The van der Waals surface area contributed by atoms with Crippen LogP contribution < -0.4 is 0 Å². The first kappa shape index (κ1) is 28.2. The summed E-state index contributed by atoms with van der Waals surface area (Å²) in [7, 11) is 0. The molecule has 0 rings (SSSR count). The molecule has 0 spiro atoms. The van der Waals surface area contributed by atoms with Crippen LogP contribution in [0.4, 0.5) is 65.9 Å². The van der Waals surface area contributed by atoms with Gasteiger partial charge in [-0.05, 0) is 0 Å².